The van der Waals surface area contributed by atoms with Crippen molar-refractivity contribution in [2.45, 2.75) is 101 Å². The number of nitro groups is 1. The van der Waals surface area contributed by atoms with Crippen LogP contribution in [0.1, 0.15) is 77.8 Å². The third-order valence-electron chi connectivity index (χ3n) is 8.67. The molecule has 3 N–H and O–H groups in total. The molecule has 1 fully saturated rings. The number of alkyl carbamates (subject to hydrolysis) is 1. The number of benzene rings is 2. The van der Waals surface area contributed by atoms with Crippen LogP contribution in [0.15, 0.2) is 47.6 Å². The number of hydrogen-bond acceptors (Lipinski definition) is 11. The largest absolute Gasteiger partial charge is 0.488 e. The van der Waals surface area contributed by atoms with Gasteiger partial charge in [0, 0.05) is 35.8 Å². The standard InChI is InChI=1S/C34H41N7O7S/c1-33(2,3)48-32(42)39-21-7-11-23(12-8-21)47-27-16-15-25-26(19-34(4,5)28-29(25)37-20-38-31(28)36)30(27)40(18-6-17-35)49(45,46)24-13-9-22(10-14-24)41(43)44/h9-10,13-16,20-21,23H,6-8,11-12,18-19H2,1-5H3,(H,39,42)(H2,36,37,38). The van der Waals surface area contributed by atoms with Gasteiger partial charge in [-0.1, -0.05) is 13.8 Å². The molecule has 14 nitrogen and oxygen atoms in total. The molecular formula is C34H41N7O7S. The molecule has 0 unspecified atom stereocenters. The van der Waals surface area contributed by atoms with Gasteiger partial charge >= 0.3 is 6.09 Å². The molecule has 5 rings (SSSR count). The van der Waals surface area contributed by atoms with Crippen molar-refractivity contribution in [3.63, 3.8) is 0 Å². The summed E-state index contributed by atoms with van der Waals surface area (Å²) in [6.07, 6.45) is 3.23. The van der Waals surface area contributed by atoms with Crippen LogP contribution in [0.4, 0.5) is 22.0 Å². The Morgan fingerprint density at radius 1 is 1.14 bits per heavy atom. The number of carbonyl (C=O) groups excluding carboxylic acids is 1. The van der Waals surface area contributed by atoms with Gasteiger partial charge in [0.2, 0.25) is 0 Å². The van der Waals surface area contributed by atoms with Crippen LogP contribution in [0.5, 0.6) is 5.75 Å². The van der Waals surface area contributed by atoms with Crippen molar-refractivity contribution in [2.75, 3.05) is 16.6 Å². The highest BCUT2D eigenvalue weighted by Crippen LogP contribution is 2.50. The Kier molecular flexibility index (Phi) is 9.74. The van der Waals surface area contributed by atoms with Crippen LogP contribution in [0, 0.1) is 21.4 Å². The van der Waals surface area contributed by atoms with E-state index in [2.05, 4.69) is 21.4 Å². The molecule has 0 saturated heterocycles. The molecule has 0 radical (unpaired) electrons. The van der Waals surface area contributed by atoms with Crippen molar-refractivity contribution in [1.82, 2.24) is 15.3 Å². The summed E-state index contributed by atoms with van der Waals surface area (Å²) >= 11 is 0. The van der Waals surface area contributed by atoms with Gasteiger partial charge in [-0.05, 0) is 88.1 Å². The van der Waals surface area contributed by atoms with Crippen LogP contribution < -0.4 is 20.1 Å². The van der Waals surface area contributed by atoms with Crippen LogP contribution in [-0.2, 0) is 26.6 Å². The zero-order valence-electron chi connectivity index (χ0n) is 28.2. The summed E-state index contributed by atoms with van der Waals surface area (Å²) in [6.45, 7) is 9.17. The van der Waals surface area contributed by atoms with Crippen LogP contribution in [-0.4, -0.2) is 53.7 Å². The van der Waals surface area contributed by atoms with E-state index in [0.717, 1.165) is 17.7 Å². The van der Waals surface area contributed by atoms with E-state index in [1.54, 1.807) is 26.8 Å². The van der Waals surface area contributed by atoms with Gasteiger partial charge in [0.05, 0.1) is 39.8 Å². The van der Waals surface area contributed by atoms with E-state index in [-0.39, 0.29) is 41.4 Å². The number of amides is 1. The summed E-state index contributed by atoms with van der Waals surface area (Å²) in [7, 11) is -4.36. The lowest BCUT2D eigenvalue weighted by atomic mass is 9.71. The Morgan fingerprint density at radius 2 is 1.82 bits per heavy atom. The zero-order chi connectivity index (χ0) is 35.7. The van der Waals surface area contributed by atoms with Gasteiger partial charge in [-0.3, -0.25) is 14.4 Å². The lowest BCUT2D eigenvalue weighted by Gasteiger charge is -2.38. The molecule has 1 heterocycles. The van der Waals surface area contributed by atoms with Crippen LogP contribution in [0.25, 0.3) is 11.3 Å². The molecule has 260 valence electrons. The Balaban J connectivity index is 1.58. The van der Waals surface area contributed by atoms with E-state index in [4.69, 9.17) is 15.2 Å². The van der Waals surface area contributed by atoms with Crippen molar-refractivity contribution in [1.29, 1.82) is 5.26 Å². The second-order valence-corrected chi connectivity index (χ2v) is 15.8. The van der Waals surface area contributed by atoms with Crippen LogP contribution >= 0.6 is 0 Å². The average molecular weight is 692 g/mol. The first-order valence-electron chi connectivity index (χ1n) is 16.1. The lowest BCUT2D eigenvalue weighted by Crippen LogP contribution is -2.42. The highest BCUT2D eigenvalue weighted by Gasteiger charge is 2.40. The Labute approximate surface area is 285 Å². The number of hydrogen-bond donors (Lipinski definition) is 2. The maximum absolute atomic E-state index is 14.4. The number of ether oxygens (including phenoxy) is 2. The highest BCUT2D eigenvalue weighted by atomic mass is 32.2. The fourth-order valence-corrected chi connectivity index (χ4v) is 8.04. The van der Waals surface area contributed by atoms with E-state index in [9.17, 15) is 28.6 Å². The molecule has 0 aliphatic heterocycles. The monoisotopic (exact) mass is 691 g/mol. The van der Waals surface area contributed by atoms with Crippen molar-refractivity contribution >= 4 is 33.3 Å². The molecule has 0 bridgehead atoms. The van der Waals surface area contributed by atoms with E-state index in [1.165, 1.54) is 22.8 Å². The molecule has 1 aromatic heterocycles. The number of fused-ring (bicyclic) bond motifs is 3. The van der Waals surface area contributed by atoms with Crippen molar-refractivity contribution in [3.8, 4) is 23.1 Å². The van der Waals surface area contributed by atoms with Crippen LogP contribution in [0.2, 0.25) is 0 Å². The summed E-state index contributed by atoms with van der Waals surface area (Å²) in [5.41, 5.74) is 7.78. The second kappa shape index (κ2) is 13.5. The highest BCUT2D eigenvalue weighted by molar-refractivity contribution is 7.92. The van der Waals surface area contributed by atoms with Crippen molar-refractivity contribution < 1.29 is 27.6 Å². The number of carbonyl (C=O) groups is 1. The van der Waals surface area contributed by atoms with Crippen molar-refractivity contribution in [3.05, 3.63) is 64.0 Å². The maximum atomic E-state index is 14.4. The maximum Gasteiger partial charge on any atom is 0.407 e. The molecule has 2 aliphatic carbocycles. The van der Waals surface area contributed by atoms with Gasteiger partial charge in [-0.2, -0.15) is 5.26 Å². The topological polar surface area (TPSA) is 204 Å². The quantitative estimate of drug-likeness (QED) is 0.203. The number of nitriles is 1. The first-order chi connectivity index (χ1) is 23.0. The Bertz CT molecular complexity index is 1890. The summed E-state index contributed by atoms with van der Waals surface area (Å²) in [4.78, 5) is 31.7. The number of nitrogens with one attached hydrogen (secondary N) is 1. The minimum Gasteiger partial charge on any atom is -0.488 e. The summed E-state index contributed by atoms with van der Waals surface area (Å²) < 4.78 is 42.1. The molecule has 15 heteroatoms. The predicted molar refractivity (Wildman–Crippen MR) is 183 cm³/mol. The number of nitro benzene ring substituents is 1. The molecule has 1 amide bonds. The van der Waals surface area contributed by atoms with Gasteiger partial charge in [0.1, 0.15) is 23.5 Å². The number of rotatable bonds is 9. The first-order valence-corrected chi connectivity index (χ1v) is 17.5. The first kappa shape index (κ1) is 35.3. The van der Waals surface area contributed by atoms with E-state index in [1.807, 2.05) is 19.9 Å². The van der Waals surface area contributed by atoms with Gasteiger partial charge in [-0.25, -0.2) is 23.2 Å². The number of anilines is 2. The predicted octanol–water partition coefficient (Wildman–Crippen LogP) is 5.79. The third-order valence-corrected chi connectivity index (χ3v) is 10.5. The van der Waals surface area contributed by atoms with E-state index >= 15 is 0 Å². The van der Waals surface area contributed by atoms with Crippen LogP contribution in [0.3, 0.4) is 0 Å². The zero-order valence-corrected chi connectivity index (χ0v) is 29.0. The SMILES string of the molecule is CC(C)(C)OC(=O)NC1CCC(Oc2ccc3c(c2N(CCC#N)S(=O)(=O)c2ccc([N+](=O)[O-])cc2)CC(C)(C)c2c(N)ncnc2-3)CC1. The number of sulfonamides is 1. The molecule has 49 heavy (non-hydrogen) atoms. The fourth-order valence-electron chi connectivity index (χ4n) is 6.53. The van der Waals surface area contributed by atoms with Crippen molar-refractivity contribution in [2.24, 2.45) is 0 Å². The number of aromatic nitrogens is 2. The lowest BCUT2D eigenvalue weighted by molar-refractivity contribution is -0.384. The molecule has 1 saturated carbocycles. The molecule has 0 atom stereocenters. The normalized spacial score (nSPS) is 18.3. The van der Waals surface area contributed by atoms with Gasteiger partial charge < -0.3 is 20.5 Å². The molecule has 3 aromatic rings. The molecule has 2 aromatic carbocycles. The molecular weight excluding hydrogens is 650 g/mol. The van der Waals surface area contributed by atoms with Gasteiger partial charge in [-0.15, -0.1) is 0 Å². The van der Waals surface area contributed by atoms with Gasteiger partial charge in [0.15, 0.2) is 0 Å². The summed E-state index contributed by atoms with van der Waals surface area (Å²) in [6, 6.07) is 10.1. The van der Waals surface area contributed by atoms with E-state index in [0.29, 0.717) is 60.5 Å². The average Bonchev–Trinajstić information content (AvgIpc) is 3.01. The molecule has 2 aliphatic rings. The Hall–Kier alpha value is -4.97. The third kappa shape index (κ3) is 7.54. The minimum absolute atomic E-state index is 0.102. The Morgan fingerprint density at radius 3 is 2.43 bits per heavy atom. The number of non-ortho nitro benzene ring substituents is 1. The minimum atomic E-state index is -4.36. The summed E-state index contributed by atoms with van der Waals surface area (Å²) in [5.74, 6) is 0.645. The number of nitrogens with zero attached hydrogens (tertiary/aromatic N) is 5. The smallest absolute Gasteiger partial charge is 0.407 e. The van der Waals surface area contributed by atoms with E-state index < -0.39 is 32.1 Å². The van der Waals surface area contributed by atoms with Gasteiger partial charge in [0.25, 0.3) is 15.7 Å². The number of nitrogens with two attached hydrogens (primary N) is 1. The molecule has 0 spiro atoms. The second-order valence-electron chi connectivity index (χ2n) is 14.0. The number of nitrogen functional groups attached to an aromatic ring is 1. The summed E-state index contributed by atoms with van der Waals surface area (Å²) in [5, 5.41) is 23.9. The fraction of sp³-hybridized carbons (Fsp3) is 0.471.